The summed E-state index contributed by atoms with van der Waals surface area (Å²) >= 11 is 0. The molecule has 1 rings (SSSR count). The molecule has 0 amide bonds. The number of alkyl halides is 3. The quantitative estimate of drug-likeness (QED) is 0.0843. The van der Waals surface area contributed by atoms with Crippen molar-refractivity contribution >= 4 is 13.2 Å². The highest BCUT2D eigenvalue weighted by Crippen LogP contribution is 2.43. The highest BCUT2D eigenvalue weighted by Gasteiger charge is 2.41. The van der Waals surface area contributed by atoms with Gasteiger partial charge < -0.3 is 0 Å². The largest absolute Gasteiger partial charge is 0.422 e. The van der Waals surface area contributed by atoms with Crippen LogP contribution in [-0.4, -0.2) is 12.3 Å². The molecule has 0 aliphatic heterocycles. The summed E-state index contributed by atoms with van der Waals surface area (Å²) in [5.41, 5.74) is -2.09. The molecule has 7 heteroatoms. The van der Waals surface area contributed by atoms with Crippen molar-refractivity contribution in [2.24, 2.45) is 11.8 Å². The van der Waals surface area contributed by atoms with Gasteiger partial charge in [-0.05, 0) is 36.6 Å². The van der Waals surface area contributed by atoms with Crippen LogP contribution < -0.4 is 5.30 Å². The molecule has 0 saturated carbocycles. The fourth-order valence-corrected chi connectivity index (χ4v) is 7.43. The first-order valence-corrected chi connectivity index (χ1v) is 14.8. The maximum absolute atomic E-state index is 15.0. The normalized spacial score (nSPS) is 14.9. The Labute approximate surface area is 204 Å². The van der Waals surface area contributed by atoms with Crippen LogP contribution in [0.15, 0.2) is 6.07 Å². The van der Waals surface area contributed by atoms with E-state index in [4.69, 9.17) is 0 Å². The first-order chi connectivity index (χ1) is 16.1. The molecule has 3 unspecified atom stereocenters. The van der Waals surface area contributed by atoms with E-state index in [2.05, 4.69) is 20.8 Å². The van der Waals surface area contributed by atoms with E-state index in [1.165, 1.54) is 6.42 Å². The second-order valence-electron chi connectivity index (χ2n) is 9.69. The minimum atomic E-state index is -5.27. The standard InChI is InChI=1S/C27H43F6P/c1-5-8-9-10-11-12-13-17-34(19-20(4)15-16-21(7-3)14-6-2)23-18-22(28)25(29)24(26(23)30)27(31,32)33/h18,20-21H,5-17,19H2,1-4H3. The highest BCUT2D eigenvalue weighted by atomic mass is 31.1. The molecule has 3 atom stereocenters. The van der Waals surface area contributed by atoms with Crippen LogP contribution in [0.5, 0.6) is 0 Å². The van der Waals surface area contributed by atoms with Crippen LogP contribution in [0, 0.1) is 29.3 Å². The average Bonchev–Trinajstić information content (AvgIpc) is 2.76. The van der Waals surface area contributed by atoms with Crippen molar-refractivity contribution in [1.29, 1.82) is 0 Å². The van der Waals surface area contributed by atoms with E-state index in [1.807, 2.05) is 6.92 Å². The first-order valence-electron chi connectivity index (χ1n) is 13.1. The summed E-state index contributed by atoms with van der Waals surface area (Å²) in [6.45, 7) is 8.50. The van der Waals surface area contributed by atoms with Crippen LogP contribution in [0.2, 0.25) is 0 Å². The lowest BCUT2D eigenvalue weighted by atomic mass is 9.92. The molecule has 1 aromatic carbocycles. The predicted octanol–water partition coefficient (Wildman–Crippen LogP) is 10.2. The van der Waals surface area contributed by atoms with Gasteiger partial charge in [0.05, 0.1) is 0 Å². The summed E-state index contributed by atoms with van der Waals surface area (Å²) in [5.74, 6) is -4.58. The Morgan fingerprint density at radius 3 is 1.97 bits per heavy atom. The minimum absolute atomic E-state index is 0.184. The second kappa shape index (κ2) is 16.1. The zero-order chi connectivity index (χ0) is 25.7. The minimum Gasteiger partial charge on any atom is -0.206 e. The van der Waals surface area contributed by atoms with Gasteiger partial charge in [0.15, 0.2) is 11.6 Å². The number of rotatable bonds is 17. The summed E-state index contributed by atoms with van der Waals surface area (Å²) in [7, 11) is -1.36. The number of hydrogen-bond donors (Lipinski definition) is 0. The van der Waals surface area contributed by atoms with E-state index in [1.54, 1.807) is 0 Å². The van der Waals surface area contributed by atoms with E-state index >= 15 is 0 Å². The van der Waals surface area contributed by atoms with Gasteiger partial charge in [0.2, 0.25) is 0 Å². The van der Waals surface area contributed by atoms with Gasteiger partial charge in [-0.1, -0.05) is 106 Å². The Hall–Kier alpha value is -0.770. The average molecular weight is 513 g/mol. The van der Waals surface area contributed by atoms with Crippen LogP contribution in [0.1, 0.15) is 110 Å². The molecule has 0 heterocycles. The highest BCUT2D eigenvalue weighted by molar-refractivity contribution is 7.65. The molecule has 0 N–H and O–H groups in total. The smallest absolute Gasteiger partial charge is 0.206 e. The lowest BCUT2D eigenvalue weighted by Gasteiger charge is -2.25. The number of unbranched alkanes of at least 4 members (excludes halogenated alkanes) is 6. The van der Waals surface area contributed by atoms with Gasteiger partial charge in [-0.2, -0.15) is 13.2 Å². The lowest BCUT2D eigenvalue weighted by Crippen LogP contribution is -2.23. The van der Waals surface area contributed by atoms with E-state index in [-0.39, 0.29) is 11.2 Å². The Bertz CT molecular complexity index is 703. The van der Waals surface area contributed by atoms with Crippen LogP contribution in [-0.2, 0) is 6.18 Å². The van der Waals surface area contributed by atoms with Crippen LogP contribution >= 0.6 is 7.92 Å². The molecule has 0 saturated heterocycles. The summed E-state index contributed by atoms with van der Waals surface area (Å²) in [6.07, 6.45) is 8.38. The zero-order valence-corrected chi connectivity index (χ0v) is 22.2. The van der Waals surface area contributed by atoms with Gasteiger partial charge >= 0.3 is 6.18 Å². The maximum Gasteiger partial charge on any atom is 0.422 e. The van der Waals surface area contributed by atoms with Crippen molar-refractivity contribution in [2.45, 2.75) is 111 Å². The van der Waals surface area contributed by atoms with E-state index in [0.29, 0.717) is 24.3 Å². The summed E-state index contributed by atoms with van der Waals surface area (Å²) in [6, 6.07) is 0.686. The van der Waals surface area contributed by atoms with Crippen molar-refractivity contribution in [3.05, 3.63) is 29.1 Å². The third-order valence-corrected chi connectivity index (χ3v) is 9.59. The Morgan fingerprint density at radius 1 is 0.794 bits per heavy atom. The Balaban J connectivity index is 3.02. The molecular weight excluding hydrogens is 469 g/mol. The number of halogens is 6. The lowest BCUT2D eigenvalue weighted by molar-refractivity contribution is -0.142. The Kier molecular flexibility index (Phi) is 14.8. The third kappa shape index (κ3) is 10.5. The molecule has 0 aliphatic carbocycles. The summed E-state index contributed by atoms with van der Waals surface area (Å²) < 4.78 is 83.1. The third-order valence-electron chi connectivity index (χ3n) is 6.67. The monoisotopic (exact) mass is 512 g/mol. The molecular formula is C27H43F6P. The summed E-state index contributed by atoms with van der Waals surface area (Å²) in [5, 5.41) is -0.264. The fraction of sp³-hybridized carbons (Fsp3) is 0.778. The Morgan fingerprint density at radius 2 is 1.41 bits per heavy atom. The van der Waals surface area contributed by atoms with Gasteiger partial charge in [0, 0.05) is 5.30 Å². The SMILES string of the molecule is CCCCCCCCCP(CC(C)CCC(CC)CCC)c1cc(F)c(F)c(C(F)(F)F)c1F. The van der Waals surface area contributed by atoms with Crippen molar-refractivity contribution in [3.8, 4) is 0 Å². The molecule has 198 valence electrons. The first kappa shape index (κ1) is 31.3. The molecule has 0 nitrogen and oxygen atoms in total. The van der Waals surface area contributed by atoms with Gasteiger partial charge in [0.25, 0.3) is 0 Å². The van der Waals surface area contributed by atoms with Gasteiger partial charge in [-0.15, -0.1) is 0 Å². The predicted molar refractivity (Wildman–Crippen MR) is 133 cm³/mol. The van der Waals surface area contributed by atoms with Gasteiger partial charge in [-0.25, -0.2) is 13.2 Å². The molecule has 0 spiro atoms. The molecule has 1 aromatic rings. The topological polar surface area (TPSA) is 0 Å². The molecule has 0 fully saturated rings. The number of benzene rings is 1. The molecule has 0 aliphatic rings. The fourth-order valence-electron chi connectivity index (χ4n) is 4.59. The van der Waals surface area contributed by atoms with Crippen molar-refractivity contribution in [3.63, 3.8) is 0 Å². The molecule has 0 bridgehead atoms. The van der Waals surface area contributed by atoms with E-state index in [0.717, 1.165) is 70.6 Å². The molecule has 0 radical (unpaired) electrons. The summed E-state index contributed by atoms with van der Waals surface area (Å²) in [4.78, 5) is 0. The maximum atomic E-state index is 15.0. The van der Waals surface area contributed by atoms with Gasteiger partial charge in [0.1, 0.15) is 11.4 Å². The van der Waals surface area contributed by atoms with Crippen LogP contribution in [0.3, 0.4) is 0 Å². The van der Waals surface area contributed by atoms with Gasteiger partial charge in [-0.3, -0.25) is 0 Å². The van der Waals surface area contributed by atoms with E-state index in [9.17, 15) is 26.3 Å². The number of hydrogen-bond acceptors (Lipinski definition) is 0. The molecule has 34 heavy (non-hydrogen) atoms. The van der Waals surface area contributed by atoms with Crippen LogP contribution in [0.4, 0.5) is 26.3 Å². The molecule has 0 aromatic heterocycles. The van der Waals surface area contributed by atoms with Crippen molar-refractivity contribution in [2.75, 3.05) is 12.3 Å². The van der Waals surface area contributed by atoms with Crippen LogP contribution in [0.25, 0.3) is 0 Å². The second-order valence-corrected chi connectivity index (χ2v) is 12.1. The van der Waals surface area contributed by atoms with Crippen molar-refractivity contribution in [1.82, 2.24) is 0 Å². The van der Waals surface area contributed by atoms with E-state index < -0.39 is 37.1 Å². The zero-order valence-electron chi connectivity index (χ0n) is 21.3. The van der Waals surface area contributed by atoms with Crippen molar-refractivity contribution < 1.29 is 26.3 Å².